The van der Waals surface area contributed by atoms with Crippen LogP contribution in [-0.4, -0.2) is 11.1 Å². The molecule has 0 aliphatic carbocycles. The summed E-state index contributed by atoms with van der Waals surface area (Å²) in [5.74, 6) is 0. The summed E-state index contributed by atoms with van der Waals surface area (Å²) in [6, 6.07) is 5.09. The van der Waals surface area contributed by atoms with E-state index in [2.05, 4.69) is 50.6 Å². The highest BCUT2D eigenvalue weighted by molar-refractivity contribution is 5.85. The molecular formula is C15H22N2. The Labute approximate surface area is 103 Å². The molecule has 2 heteroatoms. The van der Waals surface area contributed by atoms with E-state index in [9.17, 15) is 0 Å². The Morgan fingerprint density at radius 2 is 1.82 bits per heavy atom. The molecule has 0 atom stereocenters. The summed E-state index contributed by atoms with van der Waals surface area (Å²) in [6.45, 7) is 9.51. The predicted octanol–water partition coefficient (Wildman–Crippen LogP) is 3.34. The van der Waals surface area contributed by atoms with Gasteiger partial charge in [-0.25, -0.2) is 0 Å². The van der Waals surface area contributed by atoms with E-state index in [4.69, 9.17) is 5.73 Å². The molecule has 0 bridgehead atoms. The fourth-order valence-electron chi connectivity index (χ4n) is 2.36. The van der Waals surface area contributed by atoms with E-state index >= 15 is 0 Å². The number of aryl methyl sites for hydroxylation is 2. The molecule has 0 aliphatic heterocycles. The largest absolute Gasteiger partial charge is 0.345 e. The van der Waals surface area contributed by atoms with Crippen molar-refractivity contribution in [2.24, 2.45) is 5.73 Å². The van der Waals surface area contributed by atoms with Crippen LogP contribution in [0.5, 0.6) is 0 Å². The van der Waals surface area contributed by atoms with Gasteiger partial charge in [0.1, 0.15) is 0 Å². The molecule has 0 aliphatic rings. The minimum atomic E-state index is 0.492. The average molecular weight is 230 g/mol. The summed E-state index contributed by atoms with van der Waals surface area (Å²) in [4.78, 5) is 0. The topological polar surface area (TPSA) is 30.9 Å². The number of aromatic nitrogens is 1. The van der Waals surface area contributed by atoms with E-state index in [1.54, 1.807) is 0 Å². The van der Waals surface area contributed by atoms with E-state index in [0.717, 1.165) is 6.42 Å². The molecule has 2 aromatic rings. The molecule has 1 aromatic carbocycles. The van der Waals surface area contributed by atoms with Crippen molar-refractivity contribution in [2.45, 2.75) is 40.2 Å². The van der Waals surface area contributed by atoms with Crippen LogP contribution in [0.2, 0.25) is 0 Å². The highest BCUT2D eigenvalue weighted by Gasteiger charge is 2.11. The zero-order valence-electron chi connectivity index (χ0n) is 11.2. The molecule has 0 saturated carbocycles. The first kappa shape index (κ1) is 12.2. The molecule has 0 saturated heterocycles. The second kappa shape index (κ2) is 4.53. The molecule has 2 rings (SSSR count). The van der Waals surface area contributed by atoms with Gasteiger partial charge in [-0.15, -0.1) is 0 Å². The minimum absolute atomic E-state index is 0.492. The number of rotatable bonds is 3. The van der Waals surface area contributed by atoms with Crippen LogP contribution in [0.25, 0.3) is 10.9 Å². The fourth-order valence-corrected chi connectivity index (χ4v) is 2.36. The van der Waals surface area contributed by atoms with E-state index in [0.29, 0.717) is 12.6 Å². The first-order valence-electron chi connectivity index (χ1n) is 6.35. The number of hydrogen-bond donors (Lipinski definition) is 1. The zero-order chi connectivity index (χ0) is 12.6. The molecule has 2 nitrogen and oxygen atoms in total. The summed E-state index contributed by atoms with van der Waals surface area (Å²) in [5.41, 5.74) is 11.1. The van der Waals surface area contributed by atoms with Gasteiger partial charge >= 0.3 is 0 Å². The van der Waals surface area contributed by atoms with Gasteiger partial charge in [-0.3, -0.25) is 0 Å². The lowest BCUT2D eigenvalue weighted by atomic mass is 10.0. The second-order valence-corrected chi connectivity index (χ2v) is 5.15. The van der Waals surface area contributed by atoms with Crippen LogP contribution in [0.15, 0.2) is 18.3 Å². The maximum Gasteiger partial charge on any atom is 0.0488 e. The third-order valence-corrected chi connectivity index (χ3v) is 3.50. The summed E-state index contributed by atoms with van der Waals surface area (Å²) < 4.78 is 2.35. The summed E-state index contributed by atoms with van der Waals surface area (Å²) in [5, 5.41) is 1.37. The number of nitrogens with two attached hydrogens (primary N) is 1. The van der Waals surface area contributed by atoms with Gasteiger partial charge in [-0.2, -0.15) is 0 Å². The van der Waals surface area contributed by atoms with Crippen LogP contribution < -0.4 is 5.73 Å². The molecule has 0 fully saturated rings. The van der Waals surface area contributed by atoms with Gasteiger partial charge in [-0.1, -0.05) is 0 Å². The fraction of sp³-hybridized carbons (Fsp3) is 0.467. The third-order valence-electron chi connectivity index (χ3n) is 3.50. The molecule has 17 heavy (non-hydrogen) atoms. The first-order valence-corrected chi connectivity index (χ1v) is 6.35. The third kappa shape index (κ3) is 2.09. The maximum absolute atomic E-state index is 5.70. The van der Waals surface area contributed by atoms with Gasteiger partial charge in [0.25, 0.3) is 0 Å². The molecule has 1 heterocycles. The van der Waals surface area contributed by atoms with Crippen molar-refractivity contribution in [3.8, 4) is 0 Å². The van der Waals surface area contributed by atoms with E-state index in [1.165, 1.54) is 27.6 Å². The van der Waals surface area contributed by atoms with Crippen molar-refractivity contribution in [3.63, 3.8) is 0 Å². The minimum Gasteiger partial charge on any atom is -0.345 e. The Morgan fingerprint density at radius 3 is 2.41 bits per heavy atom. The molecule has 0 amide bonds. The smallest absolute Gasteiger partial charge is 0.0488 e. The lowest BCUT2D eigenvalue weighted by Gasteiger charge is -2.10. The van der Waals surface area contributed by atoms with Crippen molar-refractivity contribution in [1.29, 1.82) is 0 Å². The normalized spacial score (nSPS) is 11.6. The van der Waals surface area contributed by atoms with Crippen LogP contribution in [-0.2, 0) is 6.42 Å². The molecule has 0 unspecified atom stereocenters. The standard InChI is InChI=1S/C15H22N2/c1-10(2)17-9-13(5-6-16)14-7-11(3)12(4)8-15(14)17/h7-10H,5-6,16H2,1-4H3. The lowest BCUT2D eigenvalue weighted by molar-refractivity contribution is 0.620. The van der Waals surface area contributed by atoms with Crippen molar-refractivity contribution < 1.29 is 0 Å². The quantitative estimate of drug-likeness (QED) is 0.861. The number of nitrogens with zero attached hydrogens (tertiary/aromatic N) is 1. The SMILES string of the molecule is Cc1cc2c(CCN)cn(C(C)C)c2cc1C. The zero-order valence-corrected chi connectivity index (χ0v) is 11.2. The highest BCUT2D eigenvalue weighted by atomic mass is 15.0. The Kier molecular flexibility index (Phi) is 3.25. The van der Waals surface area contributed by atoms with Gasteiger partial charge in [0.05, 0.1) is 0 Å². The predicted molar refractivity (Wildman–Crippen MR) is 74.6 cm³/mol. The maximum atomic E-state index is 5.70. The van der Waals surface area contributed by atoms with Gasteiger partial charge in [0.2, 0.25) is 0 Å². The Bertz CT molecular complexity index is 535. The number of benzene rings is 1. The number of hydrogen-bond acceptors (Lipinski definition) is 1. The van der Waals surface area contributed by atoms with Crippen LogP contribution in [0, 0.1) is 13.8 Å². The Balaban J connectivity index is 2.72. The average Bonchev–Trinajstić information content (AvgIpc) is 2.59. The van der Waals surface area contributed by atoms with Crippen molar-refractivity contribution in [1.82, 2.24) is 4.57 Å². The van der Waals surface area contributed by atoms with Gasteiger partial charge in [0, 0.05) is 23.1 Å². The van der Waals surface area contributed by atoms with Crippen LogP contribution in [0.1, 0.15) is 36.6 Å². The van der Waals surface area contributed by atoms with E-state index in [-0.39, 0.29) is 0 Å². The monoisotopic (exact) mass is 230 g/mol. The van der Waals surface area contributed by atoms with Gasteiger partial charge in [-0.05, 0) is 69.5 Å². The molecule has 0 spiro atoms. The molecule has 92 valence electrons. The summed E-state index contributed by atoms with van der Waals surface area (Å²) in [7, 11) is 0. The Hall–Kier alpha value is -1.28. The van der Waals surface area contributed by atoms with E-state index < -0.39 is 0 Å². The molecule has 1 aromatic heterocycles. The number of fused-ring (bicyclic) bond motifs is 1. The van der Waals surface area contributed by atoms with Crippen molar-refractivity contribution in [3.05, 3.63) is 35.0 Å². The van der Waals surface area contributed by atoms with Gasteiger partial charge < -0.3 is 10.3 Å². The molecule has 2 N–H and O–H groups in total. The van der Waals surface area contributed by atoms with Gasteiger partial charge in [0.15, 0.2) is 0 Å². The lowest BCUT2D eigenvalue weighted by Crippen LogP contribution is -2.02. The van der Waals surface area contributed by atoms with E-state index in [1.807, 2.05) is 0 Å². The first-order chi connectivity index (χ1) is 8.04. The molecule has 0 radical (unpaired) electrons. The van der Waals surface area contributed by atoms with Crippen LogP contribution in [0.3, 0.4) is 0 Å². The second-order valence-electron chi connectivity index (χ2n) is 5.15. The van der Waals surface area contributed by atoms with Crippen molar-refractivity contribution in [2.75, 3.05) is 6.54 Å². The van der Waals surface area contributed by atoms with Crippen LogP contribution >= 0.6 is 0 Å². The molecular weight excluding hydrogens is 208 g/mol. The summed E-state index contributed by atoms with van der Waals surface area (Å²) >= 11 is 0. The van der Waals surface area contributed by atoms with Crippen LogP contribution in [0.4, 0.5) is 0 Å². The Morgan fingerprint density at radius 1 is 1.18 bits per heavy atom. The van der Waals surface area contributed by atoms with Crippen molar-refractivity contribution >= 4 is 10.9 Å². The summed E-state index contributed by atoms with van der Waals surface area (Å²) in [6.07, 6.45) is 3.22. The highest BCUT2D eigenvalue weighted by Crippen LogP contribution is 2.27.